The van der Waals surface area contributed by atoms with E-state index in [9.17, 15) is 14.4 Å². The smallest absolute Gasteiger partial charge is 0.319 e. The van der Waals surface area contributed by atoms with Crippen molar-refractivity contribution in [3.05, 3.63) is 29.8 Å². The fourth-order valence-corrected chi connectivity index (χ4v) is 1.87. The Morgan fingerprint density at radius 2 is 1.61 bits per heavy atom. The van der Waals surface area contributed by atoms with Crippen LogP contribution in [0, 0.1) is 0 Å². The van der Waals surface area contributed by atoms with Crippen molar-refractivity contribution in [1.29, 1.82) is 0 Å². The summed E-state index contributed by atoms with van der Waals surface area (Å²) in [7, 11) is 0. The van der Waals surface area contributed by atoms with Crippen molar-refractivity contribution in [3.8, 4) is 0 Å². The molecular weight excluding hydrogens is 292 g/mol. The van der Waals surface area contributed by atoms with E-state index in [4.69, 9.17) is 0 Å². The quantitative estimate of drug-likeness (QED) is 0.804. The molecule has 23 heavy (non-hydrogen) atoms. The molecular formula is C18H28N2O3. The molecule has 1 aromatic rings. The van der Waals surface area contributed by atoms with Crippen LogP contribution >= 0.6 is 0 Å². The summed E-state index contributed by atoms with van der Waals surface area (Å²) in [5, 5.41) is 5.28. The molecule has 0 aliphatic heterocycles. The number of ketones is 2. The van der Waals surface area contributed by atoms with E-state index in [0.717, 1.165) is 6.42 Å². The minimum Gasteiger partial charge on any atom is -0.328 e. The average molecular weight is 320 g/mol. The third kappa shape index (κ3) is 8.76. The minimum absolute atomic E-state index is 0.00128. The normalized spacial score (nSPS) is 10.8. The largest absolute Gasteiger partial charge is 0.328 e. The highest BCUT2D eigenvalue weighted by molar-refractivity contribution is 5.93. The summed E-state index contributed by atoms with van der Waals surface area (Å²) in [5.41, 5.74) is 1.85. The number of carbonyl (C=O) groups excluding carboxylic acids is 3. The first kappa shape index (κ1) is 20.8. The maximum atomic E-state index is 11.9. The minimum atomic E-state index is -0.635. The number of hydrogen-bond acceptors (Lipinski definition) is 3. The van der Waals surface area contributed by atoms with Gasteiger partial charge in [-0.2, -0.15) is 0 Å². The van der Waals surface area contributed by atoms with E-state index in [1.54, 1.807) is 0 Å². The SMILES string of the molecule is CC.CCc1ccc(NC(=O)NC(CCC(C)=O)C(C)=O)cc1. The van der Waals surface area contributed by atoms with Crippen molar-refractivity contribution in [3.63, 3.8) is 0 Å². The summed E-state index contributed by atoms with van der Waals surface area (Å²) in [6.45, 7) is 8.93. The highest BCUT2D eigenvalue weighted by Crippen LogP contribution is 2.10. The van der Waals surface area contributed by atoms with Gasteiger partial charge < -0.3 is 15.4 Å². The molecule has 1 rings (SSSR count). The van der Waals surface area contributed by atoms with Crippen LogP contribution in [0.25, 0.3) is 0 Å². The van der Waals surface area contributed by atoms with Crippen LogP contribution in [0.1, 0.15) is 53.0 Å². The zero-order valence-electron chi connectivity index (χ0n) is 14.7. The van der Waals surface area contributed by atoms with Crippen molar-refractivity contribution >= 4 is 23.3 Å². The van der Waals surface area contributed by atoms with Gasteiger partial charge in [-0.3, -0.25) is 4.79 Å². The summed E-state index contributed by atoms with van der Waals surface area (Å²) >= 11 is 0. The van der Waals surface area contributed by atoms with Crippen molar-refractivity contribution in [2.75, 3.05) is 5.32 Å². The number of urea groups is 1. The van der Waals surface area contributed by atoms with Crippen LogP contribution in [0.2, 0.25) is 0 Å². The van der Waals surface area contributed by atoms with E-state index in [2.05, 4.69) is 17.6 Å². The Kier molecular flexibility index (Phi) is 10.3. The summed E-state index contributed by atoms with van der Waals surface area (Å²) in [6, 6.07) is 6.43. The first-order valence-electron chi connectivity index (χ1n) is 8.08. The third-order valence-electron chi connectivity index (χ3n) is 3.20. The van der Waals surface area contributed by atoms with Crippen LogP contribution in [0.15, 0.2) is 24.3 Å². The lowest BCUT2D eigenvalue weighted by Crippen LogP contribution is -2.42. The number of aryl methyl sites for hydroxylation is 1. The summed E-state index contributed by atoms with van der Waals surface area (Å²) < 4.78 is 0. The molecule has 0 bridgehead atoms. The average Bonchev–Trinajstić information content (AvgIpc) is 2.53. The monoisotopic (exact) mass is 320 g/mol. The second-order valence-electron chi connectivity index (χ2n) is 5.05. The van der Waals surface area contributed by atoms with E-state index in [1.165, 1.54) is 19.4 Å². The second-order valence-corrected chi connectivity index (χ2v) is 5.05. The van der Waals surface area contributed by atoms with E-state index >= 15 is 0 Å². The van der Waals surface area contributed by atoms with Crippen LogP contribution in [-0.2, 0) is 16.0 Å². The van der Waals surface area contributed by atoms with Gasteiger partial charge in [0.15, 0.2) is 5.78 Å². The van der Waals surface area contributed by atoms with E-state index in [-0.39, 0.29) is 18.0 Å². The molecule has 128 valence electrons. The van der Waals surface area contributed by atoms with Crippen LogP contribution in [-0.4, -0.2) is 23.6 Å². The molecule has 0 heterocycles. The zero-order chi connectivity index (χ0) is 17.8. The molecule has 5 nitrogen and oxygen atoms in total. The number of nitrogens with one attached hydrogen (secondary N) is 2. The molecule has 0 radical (unpaired) electrons. The van der Waals surface area contributed by atoms with Crippen molar-refractivity contribution in [2.24, 2.45) is 0 Å². The Balaban J connectivity index is 0.00000232. The van der Waals surface area contributed by atoms with Crippen molar-refractivity contribution in [1.82, 2.24) is 5.32 Å². The molecule has 0 saturated heterocycles. The Labute approximate surface area is 138 Å². The van der Waals surface area contributed by atoms with E-state index in [1.807, 2.05) is 38.1 Å². The number of Topliss-reactive ketones (excluding diaryl/α,β-unsaturated/α-hetero) is 2. The van der Waals surface area contributed by atoms with Gasteiger partial charge in [-0.05, 0) is 44.4 Å². The number of anilines is 1. The van der Waals surface area contributed by atoms with Gasteiger partial charge in [-0.15, -0.1) is 0 Å². The highest BCUT2D eigenvalue weighted by Gasteiger charge is 2.17. The van der Waals surface area contributed by atoms with Gasteiger partial charge in [-0.1, -0.05) is 32.9 Å². The molecule has 1 atom stereocenters. The molecule has 0 aromatic heterocycles. The summed E-state index contributed by atoms with van der Waals surface area (Å²) in [6.07, 6.45) is 1.53. The Morgan fingerprint density at radius 1 is 1.04 bits per heavy atom. The fraction of sp³-hybridized carbons (Fsp3) is 0.500. The van der Waals surface area contributed by atoms with Gasteiger partial charge in [0, 0.05) is 12.1 Å². The lowest BCUT2D eigenvalue weighted by Gasteiger charge is -2.16. The van der Waals surface area contributed by atoms with Gasteiger partial charge in [0.05, 0.1) is 6.04 Å². The molecule has 2 amide bonds. The van der Waals surface area contributed by atoms with Crippen LogP contribution in [0.4, 0.5) is 10.5 Å². The Hall–Kier alpha value is -2.17. The number of benzene rings is 1. The van der Waals surface area contributed by atoms with Gasteiger partial charge in [0.2, 0.25) is 0 Å². The van der Waals surface area contributed by atoms with Crippen LogP contribution < -0.4 is 10.6 Å². The standard InChI is InChI=1S/C16H22N2O3.C2H6/c1-4-13-6-8-14(9-7-13)17-16(21)18-15(12(3)20)10-5-11(2)19;1-2/h6-9,15H,4-5,10H2,1-3H3,(H2,17,18,21);1-2H3. The number of hydrogen-bond donors (Lipinski definition) is 2. The molecule has 0 aliphatic carbocycles. The van der Waals surface area contributed by atoms with Gasteiger partial charge in [0.1, 0.15) is 5.78 Å². The fourth-order valence-electron chi connectivity index (χ4n) is 1.87. The van der Waals surface area contributed by atoms with Crippen LogP contribution in [0.5, 0.6) is 0 Å². The van der Waals surface area contributed by atoms with Crippen molar-refractivity contribution < 1.29 is 14.4 Å². The summed E-state index contributed by atoms with van der Waals surface area (Å²) in [5.74, 6) is -0.161. The molecule has 1 unspecified atom stereocenters. The van der Waals surface area contributed by atoms with E-state index in [0.29, 0.717) is 12.1 Å². The maximum absolute atomic E-state index is 11.9. The maximum Gasteiger partial charge on any atom is 0.319 e. The highest BCUT2D eigenvalue weighted by atomic mass is 16.2. The predicted octanol–water partition coefficient (Wildman–Crippen LogP) is 3.72. The zero-order valence-corrected chi connectivity index (χ0v) is 14.7. The molecule has 5 heteroatoms. The first-order valence-corrected chi connectivity index (χ1v) is 8.08. The van der Waals surface area contributed by atoms with Gasteiger partial charge in [0.25, 0.3) is 0 Å². The van der Waals surface area contributed by atoms with E-state index < -0.39 is 12.1 Å². The number of carbonyl (C=O) groups is 3. The first-order chi connectivity index (χ1) is 10.9. The molecule has 0 aliphatic rings. The number of rotatable bonds is 7. The molecule has 0 saturated carbocycles. The van der Waals surface area contributed by atoms with Gasteiger partial charge in [-0.25, -0.2) is 4.79 Å². The third-order valence-corrected chi connectivity index (χ3v) is 3.20. The second kappa shape index (κ2) is 11.4. The molecule has 2 N–H and O–H groups in total. The number of amides is 2. The topological polar surface area (TPSA) is 75.3 Å². The van der Waals surface area contributed by atoms with Crippen molar-refractivity contribution in [2.45, 2.75) is 59.9 Å². The lowest BCUT2D eigenvalue weighted by molar-refractivity contribution is -0.119. The summed E-state index contributed by atoms with van der Waals surface area (Å²) in [4.78, 5) is 34.3. The van der Waals surface area contributed by atoms with Crippen LogP contribution in [0.3, 0.4) is 0 Å². The Bertz CT molecular complexity index is 510. The predicted molar refractivity (Wildman–Crippen MR) is 93.7 cm³/mol. The molecule has 1 aromatic carbocycles. The lowest BCUT2D eigenvalue weighted by atomic mass is 10.1. The molecule has 0 fully saturated rings. The molecule has 0 spiro atoms. The van der Waals surface area contributed by atoms with Gasteiger partial charge >= 0.3 is 6.03 Å². The Morgan fingerprint density at radius 3 is 2.04 bits per heavy atom.